The fourth-order valence-corrected chi connectivity index (χ4v) is 4.59. The van der Waals surface area contributed by atoms with Crippen molar-refractivity contribution in [2.45, 2.75) is 12.5 Å². The molecule has 192 valence electrons. The summed E-state index contributed by atoms with van der Waals surface area (Å²) in [5, 5.41) is 11.6. The van der Waals surface area contributed by atoms with Gasteiger partial charge in [-0.2, -0.15) is 0 Å². The molecule has 3 aromatic carbocycles. The predicted molar refractivity (Wildman–Crippen MR) is 138 cm³/mol. The first kappa shape index (κ1) is 25.6. The molecule has 1 N–H and O–H groups in total. The number of carbonyl (C=O) groups excluding carboxylic acids is 2. The molecule has 1 aliphatic rings. The molecular weight excluding hydrogens is 474 g/mol. The summed E-state index contributed by atoms with van der Waals surface area (Å²) >= 11 is 0. The number of methoxy groups -OCH3 is 4. The second-order valence-corrected chi connectivity index (χ2v) is 8.37. The molecule has 0 bridgehead atoms. The monoisotopic (exact) mass is 503 g/mol. The number of hydrogen-bond acceptors (Lipinski definition) is 7. The van der Waals surface area contributed by atoms with Gasteiger partial charge in [0.15, 0.2) is 0 Å². The highest BCUT2D eigenvalue weighted by atomic mass is 16.5. The molecule has 0 spiro atoms. The largest absolute Gasteiger partial charge is 0.506 e. The van der Waals surface area contributed by atoms with E-state index in [0.29, 0.717) is 29.2 Å². The van der Waals surface area contributed by atoms with Gasteiger partial charge in [0.2, 0.25) is 0 Å². The summed E-state index contributed by atoms with van der Waals surface area (Å²) in [7, 11) is 6.03. The van der Waals surface area contributed by atoms with Gasteiger partial charge in [-0.1, -0.05) is 36.4 Å². The third kappa shape index (κ3) is 4.82. The Labute approximate surface area is 215 Å². The summed E-state index contributed by atoms with van der Waals surface area (Å²) in [5.41, 5.74) is 1.68. The van der Waals surface area contributed by atoms with Crippen molar-refractivity contribution in [1.29, 1.82) is 0 Å². The Kier molecular flexibility index (Phi) is 7.67. The maximum absolute atomic E-state index is 13.5. The van der Waals surface area contributed by atoms with Crippen molar-refractivity contribution in [1.82, 2.24) is 4.90 Å². The van der Waals surface area contributed by atoms with E-state index in [1.165, 1.54) is 26.2 Å². The molecular formula is C29H29NO7. The average molecular weight is 504 g/mol. The molecule has 1 amide bonds. The lowest BCUT2D eigenvalue weighted by molar-refractivity contribution is -0.139. The van der Waals surface area contributed by atoms with Gasteiger partial charge in [0, 0.05) is 12.1 Å². The van der Waals surface area contributed by atoms with Crippen LogP contribution in [0.1, 0.15) is 22.7 Å². The first-order valence-corrected chi connectivity index (χ1v) is 11.7. The van der Waals surface area contributed by atoms with Gasteiger partial charge in [-0.05, 0) is 42.3 Å². The number of ether oxygens (including phenoxy) is 4. The number of aliphatic hydroxyl groups is 1. The molecule has 0 radical (unpaired) electrons. The van der Waals surface area contributed by atoms with E-state index >= 15 is 0 Å². The topological polar surface area (TPSA) is 94.5 Å². The molecule has 1 fully saturated rings. The van der Waals surface area contributed by atoms with Crippen molar-refractivity contribution < 1.29 is 33.6 Å². The molecule has 37 heavy (non-hydrogen) atoms. The second kappa shape index (κ2) is 11.1. The van der Waals surface area contributed by atoms with Gasteiger partial charge in [0.1, 0.15) is 34.3 Å². The van der Waals surface area contributed by atoms with E-state index in [9.17, 15) is 14.7 Å². The van der Waals surface area contributed by atoms with Gasteiger partial charge in [-0.3, -0.25) is 9.59 Å². The number of hydrogen-bond donors (Lipinski definition) is 1. The third-order valence-corrected chi connectivity index (χ3v) is 6.44. The predicted octanol–water partition coefficient (Wildman–Crippen LogP) is 4.39. The van der Waals surface area contributed by atoms with E-state index in [4.69, 9.17) is 18.9 Å². The second-order valence-electron chi connectivity index (χ2n) is 8.37. The van der Waals surface area contributed by atoms with Crippen molar-refractivity contribution in [2.24, 2.45) is 0 Å². The van der Waals surface area contributed by atoms with Crippen LogP contribution in [0.15, 0.2) is 72.3 Å². The number of rotatable bonds is 9. The van der Waals surface area contributed by atoms with Crippen molar-refractivity contribution in [2.75, 3.05) is 35.0 Å². The molecule has 3 aromatic rings. The lowest BCUT2D eigenvalue weighted by atomic mass is 9.94. The molecule has 0 aliphatic carbocycles. The summed E-state index contributed by atoms with van der Waals surface area (Å²) < 4.78 is 21.7. The molecule has 4 rings (SSSR count). The van der Waals surface area contributed by atoms with Gasteiger partial charge in [-0.15, -0.1) is 0 Å². The van der Waals surface area contributed by atoms with E-state index in [0.717, 1.165) is 11.3 Å². The van der Waals surface area contributed by atoms with Crippen LogP contribution in [0, 0.1) is 0 Å². The van der Waals surface area contributed by atoms with Crippen molar-refractivity contribution in [3.8, 4) is 23.0 Å². The Balaban J connectivity index is 1.85. The Morgan fingerprint density at radius 1 is 0.784 bits per heavy atom. The van der Waals surface area contributed by atoms with Gasteiger partial charge in [0.25, 0.3) is 11.7 Å². The lowest BCUT2D eigenvalue weighted by Gasteiger charge is -2.27. The number of ketones is 1. The van der Waals surface area contributed by atoms with Crippen LogP contribution in [0.5, 0.6) is 23.0 Å². The molecule has 1 unspecified atom stereocenters. The highest BCUT2D eigenvalue weighted by molar-refractivity contribution is 6.46. The van der Waals surface area contributed by atoms with Crippen LogP contribution in [0.3, 0.4) is 0 Å². The maximum Gasteiger partial charge on any atom is 0.295 e. The molecule has 8 heteroatoms. The van der Waals surface area contributed by atoms with Crippen molar-refractivity contribution in [3.63, 3.8) is 0 Å². The summed E-state index contributed by atoms with van der Waals surface area (Å²) in [4.78, 5) is 28.3. The first-order valence-electron chi connectivity index (χ1n) is 11.7. The number of likely N-dealkylation sites (tertiary alicyclic amines) is 1. The lowest BCUT2D eigenvalue weighted by Crippen LogP contribution is -2.31. The summed E-state index contributed by atoms with van der Waals surface area (Å²) in [6.45, 7) is 0.236. The molecule has 0 saturated carbocycles. The zero-order valence-corrected chi connectivity index (χ0v) is 21.2. The zero-order valence-electron chi connectivity index (χ0n) is 21.2. The van der Waals surface area contributed by atoms with Crippen molar-refractivity contribution >= 4 is 17.4 Å². The van der Waals surface area contributed by atoms with Crippen LogP contribution in [-0.4, -0.2) is 56.7 Å². The van der Waals surface area contributed by atoms with Crippen molar-refractivity contribution in [3.05, 3.63) is 89.0 Å². The van der Waals surface area contributed by atoms with E-state index in [1.54, 1.807) is 49.6 Å². The van der Waals surface area contributed by atoms with Crippen LogP contribution >= 0.6 is 0 Å². The van der Waals surface area contributed by atoms with E-state index in [1.807, 2.05) is 24.3 Å². The molecule has 8 nitrogen and oxygen atoms in total. The maximum atomic E-state index is 13.5. The quantitative estimate of drug-likeness (QED) is 0.263. The normalized spacial score (nSPS) is 16.5. The third-order valence-electron chi connectivity index (χ3n) is 6.44. The number of aliphatic hydroxyl groups excluding tert-OH is 1. The highest BCUT2D eigenvalue weighted by Crippen LogP contribution is 2.45. The summed E-state index contributed by atoms with van der Waals surface area (Å²) in [6, 6.07) is 18.8. The van der Waals surface area contributed by atoms with Crippen LogP contribution in [0.25, 0.3) is 5.76 Å². The van der Waals surface area contributed by atoms with Crippen LogP contribution in [0.2, 0.25) is 0 Å². The number of para-hydroxylation sites is 1. The van der Waals surface area contributed by atoms with E-state index < -0.39 is 17.7 Å². The van der Waals surface area contributed by atoms with E-state index in [-0.39, 0.29) is 23.4 Å². The fraction of sp³-hybridized carbons (Fsp3) is 0.241. The van der Waals surface area contributed by atoms with Crippen LogP contribution in [0.4, 0.5) is 0 Å². The molecule has 1 saturated heterocycles. The van der Waals surface area contributed by atoms with E-state index in [2.05, 4.69) is 0 Å². The van der Waals surface area contributed by atoms with Gasteiger partial charge >= 0.3 is 0 Å². The minimum atomic E-state index is -0.885. The van der Waals surface area contributed by atoms with Gasteiger partial charge in [-0.25, -0.2) is 0 Å². The minimum absolute atomic E-state index is 0.0629. The van der Waals surface area contributed by atoms with Gasteiger partial charge < -0.3 is 29.0 Å². The molecule has 1 aliphatic heterocycles. The number of nitrogens with zero attached hydrogens (tertiary/aromatic N) is 1. The fourth-order valence-electron chi connectivity index (χ4n) is 4.59. The standard InChI is InChI=1S/C29H29NO7/c1-34-19-14-12-18(13-15-19)16-17-30-26(20-8-5-6-9-21(20)35-2)25(28(32)29(30)33)27(31)24-22(36-3)10-7-11-23(24)37-4/h5-15,26,31H,16-17H2,1-4H3/b27-25+. The number of benzene rings is 3. The summed E-state index contributed by atoms with van der Waals surface area (Å²) in [5.74, 6) is -0.0581. The van der Waals surface area contributed by atoms with Crippen LogP contribution < -0.4 is 18.9 Å². The Morgan fingerprint density at radius 2 is 1.38 bits per heavy atom. The SMILES string of the molecule is COc1ccc(CCN2C(=O)C(=O)/C(=C(/O)c3c(OC)cccc3OC)C2c2ccccc2OC)cc1. The Bertz CT molecular complexity index is 1310. The Morgan fingerprint density at radius 3 is 1.97 bits per heavy atom. The minimum Gasteiger partial charge on any atom is -0.506 e. The highest BCUT2D eigenvalue weighted by Gasteiger charge is 2.47. The number of Topliss-reactive ketones (excluding diaryl/α,β-unsaturated/α-hetero) is 1. The summed E-state index contributed by atoms with van der Waals surface area (Å²) in [6.07, 6.45) is 0.487. The number of carbonyl (C=O) groups is 2. The zero-order chi connectivity index (χ0) is 26.5. The molecule has 1 atom stereocenters. The first-order chi connectivity index (χ1) is 17.9. The van der Waals surface area contributed by atoms with Gasteiger partial charge in [0.05, 0.1) is 40.1 Å². The molecule has 1 heterocycles. The average Bonchev–Trinajstić information content (AvgIpc) is 3.20. The smallest absolute Gasteiger partial charge is 0.295 e. The molecule has 0 aromatic heterocycles. The van der Waals surface area contributed by atoms with Crippen LogP contribution in [-0.2, 0) is 16.0 Å². The Hall–Kier alpha value is -4.46. The number of amides is 1.